The van der Waals surface area contributed by atoms with Gasteiger partial charge < -0.3 is 9.08 Å². The van der Waals surface area contributed by atoms with Crippen LogP contribution in [0.4, 0.5) is 4.39 Å². The molecule has 2 aromatic rings. The third-order valence-electron chi connectivity index (χ3n) is 3.65. The number of halogens is 1. The van der Waals surface area contributed by atoms with Gasteiger partial charge in [0, 0.05) is 19.5 Å². The Bertz CT molecular complexity index is 833. The molecule has 0 bridgehead atoms. The number of carbonyl (C=O) groups is 1. The highest BCUT2D eigenvalue weighted by atomic mass is 32.2. The molecule has 2 rings (SSSR count). The molecule has 0 saturated carbocycles. The average molecular weight is 379 g/mol. The van der Waals surface area contributed by atoms with Crippen molar-refractivity contribution in [1.82, 2.24) is 4.90 Å². The van der Waals surface area contributed by atoms with Gasteiger partial charge in [-0.1, -0.05) is 31.2 Å². The van der Waals surface area contributed by atoms with Crippen molar-refractivity contribution in [3.8, 4) is 5.75 Å². The molecule has 0 aliphatic rings. The van der Waals surface area contributed by atoms with Crippen LogP contribution in [0.5, 0.6) is 5.75 Å². The Morgan fingerprint density at radius 3 is 1.96 bits per heavy atom. The van der Waals surface area contributed by atoms with Gasteiger partial charge in [-0.3, -0.25) is 4.79 Å². The summed E-state index contributed by atoms with van der Waals surface area (Å²) in [4.78, 5) is 14.1. The fourth-order valence-corrected chi connectivity index (χ4v) is 2.92. The highest BCUT2D eigenvalue weighted by Crippen LogP contribution is 2.17. The van der Waals surface area contributed by atoms with Crippen molar-refractivity contribution in [2.45, 2.75) is 32.9 Å². The maximum Gasteiger partial charge on any atom is 0.306 e. The molecule has 1 amide bonds. The van der Waals surface area contributed by atoms with E-state index in [1.807, 2.05) is 6.92 Å². The van der Waals surface area contributed by atoms with E-state index in [0.717, 1.165) is 23.8 Å². The number of hydrogen-bond donors (Lipinski definition) is 0. The Hall–Kier alpha value is -2.41. The minimum absolute atomic E-state index is 0.00767. The van der Waals surface area contributed by atoms with Gasteiger partial charge in [-0.15, -0.1) is 0 Å². The van der Waals surface area contributed by atoms with E-state index >= 15 is 0 Å². The second-order valence-corrected chi connectivity index (χ2v) is 7.63. The van der Waals surface area contributed by atoms with Crippen LogP contribution in [0, 0.1) is 5.82 Å². The predicted molar refractivity (Wildman–Crippen MR) is 97.5 cm³/mol. The van der Waals surface area contributed by atoms with Crippen molar-refractivity contribution >= 4 is 16.0 Å². The molecule has 0 N–H and O–H groups in total. The molecule has 26 heavy (non-hydrogen) atoms. The summed E-state index contributed by atoms with van der Waals surface area (Å²) in [5, 5.41) is 0. The standard InChI is InChI=1S/C19H22FNO4S/c1-3-4-19(22)21(13-15-5-9-17(20)10-6-15)14-16-7-11-18(12-8-16)25-26(2,23)24/h5-12H,3-4,13-14H2,1-2H3. The molecule has 0 aliphatic carbocycles. The summed E-state index contributed by atoms with van der Waals surface area (Å²) in [5.41, 5.74) is 1.69. The first-order valence-electron chi connectivity index (χ1n) is 8.27. The topological polar surface area (TPSA) is 63.7 Å². The summed E-state index contributed by atoms with van der Waals surface area (Å²) in [6.07, 6.45) is 2.14. The molecule has 0 atom stereocenters. The summed E-state index contributed by atoms with van der Waals surface area (Å²) in [6.45, 7) is 2.68. The zero-order chi connectivity index (χ0) is 19.2. The maximum atomic E-state index is 13.1. The summed E-state index contributed by atoms with van der Waals surface area (Å²) in [5.74, 6) is -0.0869. The van der Waals surface area contributed by atoms with Crippen LogP contribution < -0.4 is 4.18 Å². The number of carbonyl (C=O) groups excluding carboxylic acids is 1. The molecule has 0 unspecified atom stereocenters. The van der Waals surface area contributed by atoms with E-state index in [4.69, 9.17) is 4.18 Å². The Labute approximate surface area is 153 Å². The first kappa shape index (κ1) is 19.9. The highest BCUT2D eigenvalue weighted by Gasteiger charge is 2.14. The normalized spacial score (nSPS) is 11.2. The molecule has 0 aliphatic heterocycles. The van der Waals surface area contributed by atoms with E-state index in [9.17, 15) is 17.6 Å². The van der Waals surface area contributed by atoms with Crippen LogP contribution in [0.15, 0.2) is 48.5 Å². The molecule has 7 heteroatoms. The highest BCUT2D eigenvalue weighted by molar-refractivity contribution is 7.86. The molecular weight excluding hydrogens is 357 g/mol. The maximum absolute atomic E-state index is 13.1. The first-order chi connectivity index (χ1) is 12.3. The summed E-state index contributed by atoms with van der Waals surface area (Å²) in [6, 6.07) is 12.6. The second-order valence-electron chi connectivity index (χ2n) is 6.06. The molecule has 0 spiro atoms. The fraction of sp³-hybridized carbons (Fsp3) is 0.316. The van der Waals surface area contributed by atoms with Crippen molar-refractivity contribution in [2.75, 3.05) is 6.26 Å². The van der Waals surface area contributed by atoms with Gasteiger partial charge >= 0.3 is 10.1 Å². The molecule has 0 fully saturated rings. The quantitative estimate of drug-likeness (QED) is 0.659. The van der Waals surface area contributed by atoms with Crippen LogP contribution in [0.25, 0.3) is 0 Å². The molecule has 140 valence electrons. The van der Waals surface area contributed by atoms with Crippen LogP contribution >= 0.6 is 0 Å². The molecule has 2 aromatic carbocycles. The van der Waals surface area contributed by atoms with Crippen LogP contribution in [0.3, 0.4) is 0 Å². The molecule has 0 aromatic heterocycles. The minimum atomic E-state index is -3.57. The van der Waals surface area contributed by atoms with Crippen molar-refractivity contribution in [3.63, 3.8) is 0 Å². The fourth-order valence-electron chi connectivity index (χ4n) is 2.46. The molecular formula is C19H22FNO4S. The smallest absolute Gasteiger partial charge is 0.306 e. The minimum Gasteiger partial charge on any atom is -0.383 e. The Morgan fingerprint density at radius 2 is 1.50 bits per heavy atom. The molecule has 5 nitrogen and oxygen atoms in total. The van der Waals surface area contributed by atoms with Crippen LogP contribution in [0.1, 0.15) is 30.9 Å². The Balaban J connectivity index is 2.12. The number of benzene rings is 2. The van der Waals surface area contributed by atoms with E-state index in [1.54, 1.807) is 41.3 Å². The lowest BCUT2D eigenvalue weighted by Crippen LogP contribution is -2.29. The predicted octanol–water partition coefficient (Wildman–Crippen LogP) is 3.49. The molecule has 0 saturated heterocycles. The van der Waals surface area contributed by atoms with Gasteiger partial charge in [0.25, 0.3) is 0 Å². The lowest BCUT2D eigenvalue weighted by Gasteiger charge is -2.23. The van der Waals surface area contributed by atoms with Gasteiger partial charge in [0.1, 0.15) is 11.6 Å². The number of rotatable bonds is 8. The van der Waals surface area contributed by atoms with Crippen molar-refractivity contribution in [2.24, 2.45) is 0 Å². The van der Waals surface area contributed by atoms with E-state index < -0.39 is 10.1 Å². The molecule has 0 radical (unpaired) electrons. The lowest BCUT2D eigenvalue weighted by atomic mass is 10.1. The van der Waals surface area contributed by atoms with Crippen molar-refractivity contribution in [1.29, 1.82) is 0 Å². The third-order valence-corrected chi connectivity index (χ3v) is 4.14. The number of hydrogen-bond acceptors (Lipinski definition) is 4. The third kappa shape index (κ3) is 6.48. The van der Waals surface area contributed by atoms with E-state index in [-0.39, 0.29) is 17.5 Å². The van der Waals surface area contributed by atoms with E-state index in [0.29, 0.717) is 19.5 Å². The Kier molecular flexibility index (Phi) is 6.74. The van der Waals surface area contributed by atoms with Crippen molar-refractivity contribution < 1.29 is 21.8 Å². The lowest BCUT2D eigenvalue weighted by molar-refractivity contribution is -0.132. The van der Waals surface area contributed by atoms with Gasteiger partial charge in [-0.2, -0.15) is 8.42 Å². The second kappa shape index (κ2) is 8.80. The zero-order valence-electron chi connectivity index (χ0n) is 14.8. The summed E-state index contributed by atoms with van der Waals surface area (Å²) >= 11 is 0. The van der Waals surface area contributed by atoms with Crippen LogP contribution in [0.2, 0.25) is 0 Å². The average Bonchev–Trinajstić information content (AvgIpc) is 2.57. The van der Waals surface area contributed by atoms with E-state index in [2.05, 4.69) is 0 Å². The SMILES string of the molecule is CCCC(=O)N(Cc1ccc(F)cc1)Cc1ccc(OS(C)(=O)=O)cc1. The van der Waals surface area contributed by atoms with Crippen molar-refractivity contribution in [3.05, 3.63) is 65.5 Å². The monoisotopic (exact) mass is 379 g/mol. The largest absolute Gasteiger partial charge is 0.383 e. The Morgan fingerprint density at radius 1 is 1.00 bits per heavy atom. The van der Waals surface area contributed by atoms with Gasteiger partial charge in [0.05, 0.1) is 6.26 Å². The zero-order valence-corrected chi connectivity index (χ0v) is 15.6. The number of amides is 1. The summed E-state index contributed by atoms with van der Waals surface area (Å²) < 4.78 is 40.2. The van der Waals surface area contributed by atoms with Gasteiger partial charge in [-0.05, 0) is 41.8 Å². The molecule has 0 heterocycles. The van der Waals surface area contributed by atoms with Gasteiger partial charge in [0.2, 0.25) is 5.91 Å². The van der Waals surface area contributed by atoms with Gasteiger partial charge in [0.15, 0.2) is 0 Å². The number of nitrogens with zero attached hydrogens (tertiary/aromatic N) is 1. The van der Waals surface area contributed by atoms with E-state index in [1.165, 1.54) is 12.1 Å². The first-order valence-corrected chi connectivity index (χ1v) is 10.1. The van der Waals surface area contributed by atoms with Gasteiger partial charge in [-0.25, -0.2) is 4.39 Å². The van der Waals surface area contributed by atoms with Crippen LogP contribution in [-0.2, 0) is 28.0 Å². The van der Waals surface area contributed by atoms with Crippen LogP contribution in [-0.4, -0.2) is 25.5 Å². The summed E-state index contributed by atoms with van der Waals surface area (Å²) in [7, 11) is -3.57.